The molecule has 0 amide bonds. The van der Waals surface area contributed by atoms with E-state index in [0.717, 1.165) is 12.0 Å². The lowest BCUT2D eigenvalue weighted by Crippen LogP contribution is -2.26. The van der Waals surface area contributed by atoms with Crippen LogP contribution in [0.25, 0.3) is 0 Å². The van der Waals surface area contributed by atoms with Crippen molar-refractivity contribution in [2.75, 3.05) is 12.4 Å². The second-order valence-corrected chi connectivity index (χ2v) is 6.23. The van der Waals surface area contributed by atoms with Crippen LogP contribution in [-0.2, 0) is 32.5 Å². The Balaban J connectivity index is 1.89. The molecule has 2 rings (SSSR count). The Hall–Kier alpha value is -1.40. The summed E-state index contributed by atoms with van der Waals surface area (Å²) in [6, 6.07) is 7.96. The SMILES string of the molecule is O=C(OCCS(=O)(=O)O)C1CCc2ccccc2C1. The van der Waals surface area contributed by atoms with Crippen molar-refractivity contribution < 1.29 is 22.5 Å². The van der Waals surface area contributed by atoms with Gasteiger partial charge in [-0.1, -0.05) is 24.3 Å². The maximum Gasteiger partial charge on any atom is 0.309 e. The summed E-state index contributed by atoms with van der Waals surface area (Å²) in [5.74, 6) is -1.17. The predicted octanol–water partition coefficient (Wildman–Crippen LogP) is 1.22. The minimum atomic E-state index is -4.08. The number of fused-ring (bicyclic) bond motifs is 1. The fourth-order valence-corrected chi connectivity index (χ4v) is 2.56. The lowest BCUT2D eigenvalue weighted by Gasteiger charge is -2.22. The van der Waals surface area contributed by atoms with Crippen molar-refractivity contribution in [3.8, 4) is 0 Å². The van der Waals surface area contributed by atoms with E-state index in [9.17, 15) is 13.2 Å². The molecule has 1 aromatic carbocycles. The van der Waals surface area contributed by atoms with Gasteiger partial charge in [0.2, 0.25) is 0 Å². The topological polar surface area (TPSA) is 80.7 Å². The number of hydrogen-bond donors (Lipinski definition) is 1. The van der Waals surface area contributed by atoms with Gasteiger partial charge in [0, 0.05) is 0 Å². The van der Waals surface area contributed by atoms with Crippen LogP contribution in [0.15, 0.2) is 24.3 Å². The molecule has 0 aliphatic heterocycles. The summed E-state index contributed by atoms with van der Waals surface area (Å²) in [6.07, 6.45) is 2.16. The van der Waals surface area contributed by atoms with Crippen LogP contribution in [0.4, 0.5) is 0 Å². The highest BCUT2D eigenvalue weighted by Crippen LogP contribution is 2.26. The fraction of sp³-hybridized carbons (Fsp3) is 0.462. The van der Waals surface area contributed by atoms with Crippen molar-refractivity contribution in [3.63, 3.8) is 0 Å². The van der Waals surface area contributed by atoms with Crippen LogP contribution in [0.5, 0.6) is 0 Å². The Kier molecular flexibility index (Phi) is 4.21. The van der Waals surface area contributed by atoms with E-state index >= 15 is 0 Å². The van der Waals surface area contributed by atoms with Crippen LogP contribution < -0.4 is 0 Å². The molecule has 1 aliphatic rings. The van der Waals surface area contributed by atoms with E-state index in [2.05, 4.69) is 6.07 Å². The number of hydrogen-bond acceptors (Lipinski definition) is 4. The van der Waals surface area contributed by atoms with Gasteiger partial charge in [0.15, 0.2) is 0 Å². The van der Waals surface area contributed by atoms with Crippen LogP contribution in [0.3, 0.4) is 0 Å². The van der Waals surface area contributed by atoms with Crippen molar-refractivity contribution in [2.45, 2.75) is 19.3 Å². The largest absolute Gasteiger partial charge is 0.464 e. The normalized spacial score (nSPS) is 18.7. The van der Waals surface area contributed by atoms with Crippen LogP contribution in [0.2, 0.25) is 0 Å². The monoisotopic (exact) mass is 284 g/mol. The maximum atomic E-state index is 11.8. The molecular weight excluding hydrogens is 268 g/mol. The molecule has 0 aromatic heterocycles. The second-order valence-electron chi connectivity index (χ2n) is 4.66. The molecule has 0 saturated carbocycles. The molecule has 19 heavy (non-hydrogen) atoms. The molecular formula is C13H16O5S. The lowest BCUT2D eigenvalue weighted by molar-refractivity contribution is -0.148. The van der Waals surface area contributed by atoms with Crippen molar-refractivity contribution in [2.24, 2.45) is 5.92 Å². The molecule has 1 aliphatic carbocycles. The highest BCUT2D eigenvalue weighted by atomic mass is 32.2. The van der Waals surface area contributed by atoms with E-state index in [0.29, 0.717) is 12.8 Å². The molecule has 6 heteroatoms. The predicted molar refractivity (Wildman–Crippen MR) is 69.3 cm³/mol. The molecule has 0 saturated heterocycles. The Morgan fingerprint density at radius 2 is 2.00 bits per heavy atom. The van der Waals surface area contributed by atoms with Gasteiger partial charge in [-0.15, -0.1) is 0 Å². The highest BCUT2D eigenvalue weighted by molar-refractivity contribution is 7.85. The number of carbonyl (C=O) groups is 1. The van der Waals surface area contributed by atoms with Crippen LogP contribution in [-0.4, -0.2) is 31.3 Å². The summed E-state index contributed by atoms with van der Waals surface area (Å²) in [4.78, 5) is 11.8. The van der Waals surface area contributed by atoms with E-state index in [1.54, 1.807) is 0 Å². The molecule has 0 bridgehead atoms. The van der Waals surface area contributed by atoms with Crippen molar-refractivity contribution in [1.29, 1.82) is 0 Å². The van der Waals surface area contributed by atoms with Gasteiger partial charge < -0.3 is 4.74 Å². The first-order chi connectivity index (χ1) is 8.96. The van der Waals surface area contributed by atoms with Gasteiger partial charge in [0.1, 0.15) is 12.4 Å². The molecule has 0 heterocycles. The minimum absolute atomic E-state index is 0.226. The number of benzene rings is 1. The molecule has 104 valence electrons. The summed E-state index contributed by atoms with van der Waals surface area (Å²) in [7, 11) is -4.08. The van der Waals surface area contributed by atoms with Gasteiger partial charge in [-0.3, -0.25) is 9.35 Å². The Bertz CT molecular complexity index is 564. The smallest absolute Gasteiger partial charge is 0.309 e. The molecule has 1 unspecified atom stereocenters. The Labute approximate surface area is 112 Å². The van der Waals surface area contributed by atoms with E-state index in [1.807, 2.05) is 18.2 Å². The molecule has 5 nitrogen and oxygen atoms in total. The molecule has 1 N–H and O–H groups in total. The van der Waals surface area contributed by atoms with Crippen molar-refractivity contribution in [1.82, 2.24) is 0 Å². The number of ether oxygens (including phenoxy) is 1. The van der Waals surface area contributed by atoms with Gasteiger partial charge in [0.25, 0.3) is 10.1 Å². The maximum absolute atomic E-state index is 11.8. The second kappa shape index (κ2) is 5.71. The molecule has 0 spiro atoms. The third-order valence-electron chi connectivity index (χ3n) is 3.27. The van der Waals surface area contributed by atoms with Gasteiger partial charge in [-0.25, -0.2) is 0 Å². The van der Waals surface area contributed by atoms with E-state index in [-0.39, 0.29) is 12.5 Å². The van der Waals surface area contributed by atoms with E-state index in [1.165, 1.54) is 5.56 Å². The minimum Gasteiger partial charge on any atom is -0.464 e. The Morgan fingerprint density at radius 3 is 2.68 bits per heavy atom. The van der Waals surface area contributed by atoms with Gasteiger partial charge in [0.05, 0.1) is 5.92 Å². The van der Waals surface area contributed by atoms with Crippen molar-refractivity contribution in [3.05, 3.63) is 35.4 Å². The number of rotatable bonds is 4. The Morgan fingerprint density at radius 1 is 1.32 bits per heavy atom. The zero-order valence-corrected chi connectivity index (χ0v) is 11.2. The summed E-state index contributed by atoms with van der Waals surface area (Å²) in [5.41, 5.74) is 2.40. The third kappa shape index (κ3) is 4.04. The molecule has 1 atom stereocenters. The quantitative estimate of drug-likeness (QED) is 0.664. The number of carbonyl (C=O) groups excluding carboxylic acids is 1. The molecule has 0 fully saturated rings. The molecule has 1 aromatic rings. The standard InChI is InChI=1S/C13H16O5S/c14-13(18-7-8-19(15,16)17)12-6-5-10-3-1-2-4-11(10)9-12/h1-4,12H,5-9H2,(H,15,16,17). The van der Waals surface area contributed by atoms with Crippen LogP contribution in [0.1, 0.15) is 17.5 Å². The van der Waals surface area contributed by atoms with E-state index in [4.69, 9.17) is 9.29 Å². The average molecular weight is 284 g/mol. The summed E-state index contributed by atoms with van der Waals surface area (Å²) in [6.45, 7) is -0.296. The lowest BCUT2D eigenvalue weighted by atomic mass is 9.84. The van der Waals surface area contributed by atoms with Gasteiger partial charge in [-0.05, 0) is 30.4 Å². The van der Waals surface area contributed by atoms with Gasteiger partial charge in [-0.2, -0.15) is 8.42 Å². The van der Waals surface area contributed by atoms with Crippen LogP contribution >= 0.6 is 0 Å². The summed E-state index contributed by atoms with van der Waals surface area (Å²) >= 11 is 0. The first-order valence-corrected chi connectivity index (χ1v) is 7.75. The summed E-state index contributed by atoms with van der Waals surface area (Å²) < 4.78 is 34.5. The van der Waals surface area contributed by atoms with Crippen LogP contribution in [0, 0.1) is 5.92 Å². The summed E-state index contributed by atoms with van der Waals surface area (Å²) in [5, 5.41) is 0. The fourth-order valence-electron chi connectivity index (χ4n) is 2.26. The average Bonchev–Trinajstić information content (AvgIpc) is 2.36. The first kappa shape index (κ1) is 14.0. The van der Waals surface area contributed by atoms with Gasteiger partial charge >= 0.3 is 5.97 Å². The number of esters is 1. The highest BCUT2D eigenvalue weighted by Gasteiger charge is 2.25. The first-order valence-electron chi connectivity index (χ1n) is 6.14. The van der Waals surface area contributed by atoms with E-state index < -0.39 is 21.8 Å². The zero-order chi connectivity index (χ0) is 13.9. The number of aryl methyl sites for hydroxylation is 1. The van der Waals surface area contributed by atoms with Crippen molar-refractivity contribution >= 4 is 16.1 Å². The zero-order valence-electron chi connectivity index (χ0n) is 10.4. The molecule has 0 radical (unpaired) electrons. The third-order valence-corrected chi connectivity index (χ3v) is 3.95.